The molecule has 0 radical (unpaired) electrons. The second-order valence-corrected chi connectivity index (χ2v) is 4.01. The van der Waals surface area contributed by atoms with Crippen LogP contribution < -0.4 is 0 Å². The van der Waals surface area contributed by atoms with E-state index in [4.69, 9.17) is 11.6 Å². The van der Waals surface area contributed by atoms with Gasteiger partial charge in [-0.15, -0.1) is 0 Å². The Morgan fingerprint density at radius 3 is 2.33 bits per heavy atom. The van der Waals surface area contributed by atoms with Gasteiger partial charge < -0.3 is 0 Å². The van der Waals surface area contributed by atoms with Crippen LogP contribution in [0.1, 0.15) is 10.4 Å². The highest BCUT2D eigenvalue weighted by Crippen LogP contribution is 2.30. The lowest BCUT2D eigenvalue weighted by molar-refractivity contribution is 0.112. The molecule has 0 bridgehead atoms. The van der Waals surface area contributed by atoms with Gasteiger partial charge in [-0.1, -0.05) is 11.6 Å². The average molecular weight is 271 g/mol. The molecule has 1 nitrogen and oxygen atoms in total. The fourth-order valence-corrected chi connectivity index (χ4v) is 1.77. The van der Waals surface area contributed by atoms with Crippen LogP contribution >= 0.6 is 11.6 Å². The summed E-state index contributed by atoms with van der Waals surface area (Å²) in [7, 11) is 0. The van der Waals surface area contributed by atoms with Crippen LogP contribution in [0.15, 0.2) is 30.3 Å². The first kappa shape index (κ1) is 12.6. The Labute approximate surface area is 106 Å². The number of aldehydes is 1. The number of carbonyl (C=O) groups excluding carboxylic acids is 1. The molecule has 0 atom stereocenters. The zero-order valence-corrected chi connectivity index (χ0v) is 9.64. The summed E-state index contributed by atoms with van der Waals surface area (Å²) < 4.78 is 39.6. The SMILES string of the molecule is O=Cc1ccc(Cl)cc1-c1ccc(F)c(F)c1F. The summed E-state index contributed by atoms with van der Waals surface area (Å²) in [4.78, 5) is 10.8. The van der Waals surface area contributed by atoms with Gasteiger partial charge in [0, 0.05) is 16.1 Å². The number of hydrogen-bond acceptors (Lipinski definition) is 1. The van der Waals surface area contributed by atoms with Crippen LogP contribution in [0, 0.1) is 17.5 Å². The molecule has 18 heavy (non-hydrogen) atoms. The zero-order valence-electron chi connectivity index (χ0n) is 8.88. The quantitative estimate of drug-likeness (QED) is 0.589. The zero-order chi connectivity index (χ0) is 13.3. The Morgan fingerprint density at radius 1 is 0.944 bits per heavy atom. The van der Waals surface area contributed by atoms with E-state index in [0.717, 1.165) is 12.1 Å². The summed E-state index contributed by atoms with van der Waals surface area (Å²) in [5.74, 6) is -4.21. The molecule has 0 aliphatic rings. The average Bonchev–Trinajstić information content (AvgIpc) is 2.36. The molecule has 2 rings (SSSR count). The molecule has 0 saturated heterocycles. The van der Waals surface area contributed by atoms with Gasteiger partial charge >= 0.3 is 0 Å². The Bertz CT molecular complexity index is 626. The third-order valence-electron chi connectivity index (χ3n) is 2.47. The van der Waals surface area contributed by atoms with E-state index in [-0.39, 0.29) is 21.7 Å². The van der Waals surface area contributed by atoms with Crippen molar-refractivity contribution in [2.75, 3.05) is 0 Å². The van der Waals surface area contributed by atoms with Gasteiger partial charge in [0.05, 0.1) is 0 Å². The van der Waals surface area contributed by atoms with E-state index in [2.05, 4.69) is 0 Å². The van der Waals surface area contributed by atoms with E-state index in [1.807, 2.05) is 0 Å². The third-order valence-corrected chi connectivity index (χ3v) is 2.70. The molecule has 0 heterocycles. The first-order chi connectivity index (χ1) is 8.54. The standard InChI is InChI=1S/C13H6ClF3O/c14-8-2-1-7(6-18)10(5-8)9-3-4-11(15)13(17)12(9)16/h1-6H. The van der Waals surface area contributed by atoms with Crippen molar-refractivity contribution in [1.82, 2.24) is 0 Å². The Morgan fingerprint density at radius 2 is 1.67 bits per heavy atom. The maximum atomic E-state index is 13.6. The lowest BCUT2D eigenvalue weighted by atomic mass is 9.99. The van der Waals surface area contributed by atoms with E-state index in [1.165, 1.54) is 18.2 Å². The molecule has 0 aromatic heterocycles. The predicted octanol–water partition coefficient (Wildman–Crippen LogP) is 4.24. The van der Waals surface area contributed by atoms with Gasteiger partial charge in [-0.25, -0.2) is 13.2 Å². The maximum absolute atomic E-state index is 13.6. The lowest BCUT2D eigenvalue weighted by Gasteiger charge is -2.08. The van der Waals surface area contributed by atoms with Gasteiger partial charge in [0.25, 0.3) is 0 Å². The maximum Gasteiger partial charge on any atom is 0.195 e. The van der Waals surface area contributed by atoms with Crippen LogP contribution in [0.5, 0.6) is 0 Å². The molecule has 0 amide bonds. The van der Waals surface area contributed by atoms with Crippen molar-refractivity contribution in [2.24, 2.45) is 0 Å². The van der Waals surface area contributed by atoms with Gasteiger partial charge in [0.1, 0.15) is 0 Å². The fourth-order valence-electron chi connectivity index (χ4n) is 1.60. The molecule has 0 aliphatic carbocycles. The van der Waals surface area contributed by atoms with Crippen LogP contribution in [-0.2, 0) is 0 Å². The fraction of sp³-hybridized carbons (Fsp3) is 0. The van der Waals surface area contributed by atoms with E-state index in [9.17, 15) is 18.0 Å². The lowest BCUT2D eigenvalue weighted by Crippen LogP contribution is -1.96. The molecule has 0 fully saturated rings. The minimum absolute atomic E-state index is 0.119. The third kappa shape index (κ3) is 2.11. The first-order valence-corrected chi connectivity index (χ1v) is 5.31. The van der Waals surface area contributed by atoms with Gasteiger partial charge in [-0.05, 0) is 35.9 Å². The van der Waals surface area contributed by atoms with E-state index >= 15 is 0 Å². The molecule has 0 aliphatic heterocycles. The van der Waals surface area contributed by atoms with Crippen LogP contribution in [-0.4, -0.2) is 6.29 Å². The van der Waals surface area contributed by atoms with Crippen molar-refractivity contribution in [1.29, 1.82) is 0 Å². The van der Waals surface area contributed by atoms with Gasteiger partial charge in [-0.3, -0.25) is 4.79 Å². The number of carbonyl (C=O) groups is 1. The summed E-state index contributed by atoms with van der Waals surface area (Å²) in [6.45, 7) is 0. The van der Waals surface area contributed by atoms with Gasteiger partial charge in [-0.2, -0.15) is 0 Å². The number of hydrogen-bond donors (Lipinski definition) is 0. The van der Waals surface area contributed by atoms with Crippen LogP contribution in [0.2, 0.25) is 5.02 Å². The largest absolute Gasteiger partial charge is 0.298 e. The summed E-state index contributed by atoms with van der Waals surface area (Å²) >= 11 is 5.74. The Hall–Kier alpha value is -1.81. The second-order valence-electron chi connectivity index (χ2n) is 3.57. The van der Waals surface area contributed by atoms with Crippen molar-refractivity contribution < 1.29 is 18.0 Å². The predicted molar refractivity (Wildman–Crippen MR) is 62.1 cm³/mol. The second kappa shape index (κ2) is 4.82. The molecular formula is C13H6ClF3O. The smallest absolute Gasteiger partial charge is 0.195 e. The molecule has 2 aromatic carbocycles. The summed E-state index contributed by atoms with van der Waals surface area (Å²) in [5.41, 5.74) is 0.0525. The molecule has 92 valence electrons. The number of halogens is 4. The van der Waals surface area contributed by atoms with Gasteiger partial charge in [0.2, 0.25) is 0 Å². The van der Waals surface area contributed by atoms with Crippen LogP contribution in [0.3, 0.4) is 0 Å². The highest BCUT2D eigenvalue weighted by molar-refractivity contribution is 6.31. The van der Waals surface area contributed by atoms with Crippen molar-refractivity contribution in [3.8, 4) is 11.1 Å². The number of rotatable bonds is 2. The van der Waals surface area contributed by atoms with Crippen LogP contribution in [0.25, 0.3) is 11.1 Å². The highest BCUT2D eigenvalue weighted by atomic mass is 35.5. The minimum atomic E-state index is -1.58. The van der Waals surface area contributed by atoms with E-state index in [1.54, 1.807) is 0 Å². The number of benzene rings is 2. The molecule has 0 unspecified atom stereocenters. The normalized spacial score (nSPS) is 10.4. The molecule has 0 spiro atoms. The van der Waals surface area contributed by atoms with Crippen molar-refractivity contribution >= 4 is 17.9 Å². The molecule has 5 heteroatoms. The highest BCUT2D eigenvalue weighted by Gasteiger charge is 2.17. The minimum Gasteiger partial charge on any atom is -0.298 e. The first-order valence-electron chi connectivity index (χ1n) is 4.93. The molecule has 0 saturated carbocycles. The van der Waals surface area contributed by atoms with Gasteiger partial charge in [0.15, 0.2) is 23.7 Å². The van der Waals surface area contributed by atoms with E-state index < -0.39 is 17.5 Å². The summed E-state index contributed by atoms with van der Waals surface area (Å²) in [5, 5.41) is 0.264. The molecule has 0 N–H and O–H groups in total. The van der Waals surface area contributed by atoms with Crippen molar-refractivity contribution in [3.63, 3.8) is 0 Å². The topological polar surface area (TPSA) is 17.1 Å². The monoisotopic (exact) mass is 270 g/mol. The summed E-state index contributed by atoms with van der Waals surface area (Å²) in [6, 6.07) is 6.01. The Balaban J connectivity index is 2.72. The molecular weight excluding hydrogens is 265 g/mol. The van der Waals surface area contributed by atoms with Crippen molar-refractivity contribution in [3.05, 3.63) is 58.4 Å². The van der Waals surface area contributed by atoms with Crippen LogP contribution in [0.4, 0.5) is 13.2 Å². The Kier molecular flexibility index (Phi) is 3.39. The van der Waals surface area contributed by atoms with Crippen molar-refractivity contribution in [2.45, 2.75) is 0 Å². The summed E-state index contributed by atoms with van der Waals surface area (Å²) in [6.07, 6.45) is 0.492. The molecule has 2 aromatic rings. The van der Waals surface area contributed by atoms with E-state index in [0.29, 0.717) is 6.29 Å².